The van der Waals surface area contributed by atoms with E-state index in [9.17, 15) is 15.2 Å². The molecule has 1 aromatic heterocycles. The molecule has 0 bridgehead atoms. The van der Waals surface area contributed by atoms with Gasteiger partial charge in [-0.25, -0.2) is 0 Å². The lowest BCUT2D eigenvalue weighted by Gasteiger charge is -2.30. The Labute approximate surface area is 215 Å². The van der Waals surface area contributed by atoms with E-state index in [1.165, 1.54) is 5.56 Å². The van der Waals surface area contributed by atoms with Crippen LogP contribution in [0, 0.1) is 18.3 Å². The Morgan fingerprint density at radius 2 is 2.14 bits per heavy atom. The van der Waals surface area contributed by atoms with Gasteiger partial charge in [-0.2, -0.15) is 10.2 Å². The highest BCUT2D eigenvalue weighted by Gasteiger charge is 2.24. The van der Waals surface area contributed by atoms with E-state index in [1.807, 2.05) is 32.9 Å². The number of hydrogen-bond acceptors (Lipinski definition) is 9. The molecule has 1 aliphatic rings. The van der Waals surface area contributed by atoms with Crippen molar-refractivity contribution in [1.29, 1.82) is 5.26 Å². The number of carbonyl (C=O) groups excluding carboxylic acids is 1. The Balaban J connectivity index is 1.49. The van der Waals surface area contributed by atoms with E-state index >= 15 is 0 Å². The van der Waals surface area contributed by atoms with Crippen LogP contribution in [0.3, 0.4) is 0 Å². The van der Waals surface area contributed by atoms with Gasteiger partial charge in [-0.15, -0.1) is 0 Å². The minimum atomic E-state index is -0.881. The molecule has 1 atom stereocenters. The molecular formula is C27H31N5O5. The molecular weight excluding hydrogens is 474 g/mol. The molecule has 3 N–H and O–H groups in total. The van der Waals surface area contributed by atoms with Crippen LogP contribution in [-0.4, -0.2) is 69.6 Å². The number of aliphatic hydroxyl groups excluding tert-OH is 2. The summed E-state index contributed by atoms with van der Waals surface area (Å²) in [4.78, 5) is 18.9. The first-order valence-electron chi connectivity index (χ1n) is 12.2. The number of nitrogens with zero attached hydrogens (tertiary/aromatic N) is 4. The molecule has 4 rings (SSSR count). The number of aromatic nitrogens is 2. The minimum Gasteiger partial charge on any atom is -0.490 e. The van der Waals surface area contributed by atoms with Gasteiger partial charge in [0.05, 0.1) is 30.9 Å². The Hall–Kier alpha value is -3.78. The molecule has 0 fully saturated rings. The van der Waals surface area contributed by atoms with Gasteiger partial charge in [-0.05, 0) is 62.1 Å². The van der Waals surface area contributed by atoms with Crippen LogP contribution in [0.15, 0.2) is 34.9 Å². The standard InChI is InChI=1S/C27H31N5O5/c1-16(2)36-24-7-5-18(10-20(24)11-28)27-30-26(31-37-27)23-6-4-19-14-32(9-8-22(19)17(23)3)25(35)13-29-12-21(34)15-33/h4-7,10,16,21,29,33-34H,8-9,12-15H2,1-3H3/t21-/m0/s1. The number of nitrogens with one attached hydrogen (secondary N) is 1. The van der Waals surface area contributed by atoms with Crippen LogP contribution in [0.5, 0.6) is 5.75 Å². The van der Waals surface area contributed by atoms with E-state index < -0.39 is 6.10 Å². The monoisotopic (exact) mass is 505 g/mol. The summed E-state index contributed by atoms with van der Waals surface area (Å²) < 4.78 is 11.2. The molecule has 3 aromatic rings. The van der Waals surface area contributed by atoms with E-state index in [-0.39, 0.29) is 31.7 Å². The van der Waals surface area contributed by atoms with E-state index in [0.29, 0.717) is 48.1 Å². The zero-order chi connectivity index (χ0) is 26.5. The first-order valence-corrected chi connectivity index (χ1v) is 12.2. The van der Waals surface area contributed by atoms with Crippen molar-refractivity contribution in [3.05, 3.63) is 52.6 Å². The third-order valence-electron chi connectivity index (χ3n) is 6.28. The van der Waals surface area contributed by atoms with Crippen LogP contribution in [0.4, 0.5) is 0 Å². The van der Waals surface area contributed by atoms with E-state index in [0.717, 1.165) is 16.7 Å². The third-order valence-corrected chi connectivity index (χ3v) is 6.28. The molecule has 0 unspecified atom stereocenters. The first-order chi connectivity index (χ1) is 17.8. The van der Waals surface area contributed by atoms with Gasteiger partial charge < -0.3 is 29.7 Å². The number of fused-ring (bicyclic) bond motifs is 1. The van der Waals surface area contributed by atoms with Crippen LogP contribution in [0.25, 0.3) is 22.8 Å². The topological polar surface area (TPSA) is 145 Å². The van der Waals surface area contributed by atoms with E-state index in [1.54, 1.807) is 23.1 Å². The second kappa shape index (κ2) is 11.5. The predicted octanol–water partition coefficient (Wildman–Crippen LogP) is 2.20. The Kier molecular flexibility index (Phi) is 8.18. The number of amides is 1. The molecule has 10 heteroatoms. The number of benzene rings is 2. The van der Waals surface area contributed by atoms with Gasteiger partial charge in [0, 0.05) is 30.8 Å². The molecule has 1 amide bonds. The zero-order valence-corrected chi connectivity index (χ0v) is 21.2. The number of carbonyl (C=O) groups is 1. The fourth-order valence-corrected chi connectivity index (χ4v) is 4.37. The summed E-state index contributed by atoms with van der Waals surface area (Å²) in [5.74, 6) is 1.23. The number of rotatable bonds is 9. The van der Waals surface area contributed by atoms with Gasteiger partial charge in [-0.3, -0.25) is 4.79 Å². The lowest BCUT2D eigenvalue weighted by atomic mass is 9.91. The summed E-state index contributed by atoms with van der Waals surface area (Å²) in [6.07, 6.45) is -0.228. The molecule has 2 heterocycles. The lowest BCUT2D eigenvalue weighted by Crippen LogP contribution is -2.43. The average molecular weight is 506 g/mol. The second-order valence-electron chi connectivity index (χ2n) is 9.32. The summed E-state index contributed by atoms with van der Waals surface area (Å²) in [6.45, 7) is 6.83. The van der Waals surface area contributed by atoms with Crippen molar-refractivity contribution in [2.24, 2.45) is 0 Å². The van der Waals surface area contributed by atoms with Gasteiger partial charge in [0.25, 0.3) is 5.89 Å². The van der Waals surface area contributed by atoms with Gasteiger partial charge in [-0.1, -0.05) is 17.3 Å². The van der Waals surface area contributed by atoms with Crippen molar-refractivity contribution in [1.82, 2.24) is 20.4 Å². The maximum atomic E-state index is 12.6. The molecule has 0 saturated heterocycles. The van der Waals surface area contributed by atoms with Gasteiger partial charge in [0.15, 0.2) is 0 Å². The van der Waals surface area contributed by atoms with E-state index in [4.69, 9.17) is 14.4 Å². The number of aliphatic hydroxyl groups is 2. The molecule has 194 valence electrons. The van der Waals surface area contributed by atoms with Crippen molar-refractivity contribution in [2.75, 3.05) is 26.2 Å². The summed E-state index contributed by atoms with van der Waals surface area (Å²) in [6, 6.07) is 11.3. The summed E-state index contributed by atoms with van der Waals surface area (Å²) in [5, 5.41) is 34.9. The van der Waals surface area contributed by atoms with Crippen molar-refractivity contribution in [3.63, 3.8) is 0 Å². The Morgan fingerprint density at radius 3 is 2.86 bits per heavy atom. The minimum absolute atomic E-state index is 0.0484. The second-order valence-corrected chi connectivity index (χ2v) is 9.32. The zero-order valence-electron chi connectivity index (χ0n) is 21.2. The molecule has 2 aromatic carbocycles. The van der Waals surface area contributed by atoms with Crippen LogP contribution in [0.1, 0.15) is 36.1 Å². The van der Waals surface area contributed by atoms with Gasteiger partial charge >= 0.3 is 0 Å². The molecule has 0 aliphatic carbocycles. The maximum Gasteiger partial charge on any atom is 0.258 e. The van der Waals surface area contributed by atoms with Crippen molar-refractivity contribution >= 4 is 5.91 Å². The molecule has 0 spiro atoms. The number of hydrogen-bond donors (Lipinski definition) is 3. The first kappa shape index (κ1) is 26.3. The molecule has 1 aliphatic heterocycles. The fourth-order valence-electron chi connectivity index (χ4n) is 4.37. The van der Waals surface area contributed by atoms with E-state index in [2.05, 4.69) is 21.5 Å². The van der Waals surface area contributed by atoms with Crippen molar-refractivity contribution < 1.29 is 24.3 Å². The summed E-state index contributed by atoms with van der Waals surface area (Å²) in [7, 11) is 0. The Morgan fingerprint density at radius 1 is 1.32 bits per heavy atom. The third kappa shape index (κ3) is 5.97. The quantitative estimate of drug-likeness (QED) is 0.398. The maximum absolute atomic E-state index is 12.6. The van der Waals surface area contributed by atoms with Crippen molar-refractivity contribution in [2.45, 2.75) is 45.9 Å². The highest BCUT2D eigenvalue weighted by atomic mass is 16.5. The van der Waals surface area contributed by atoms with Crippen LogP contribution < -0.4 is 10.1 Å². The highest BCUT2D eigenvalue weighted by molar-refractivity contribution is 5.79. The normalized spacial score (nSPS) is 13.8. The number of nitriles is 1. The molecule has 0 saturated carbocycles. The Bertz CT molecular complexity index is 1310. The summed E-state index contributed by atoms with van der Waals surface area (Å²) >= 11 is 0. The molecule has 0 radical (unpaired) electrons. The largest absolute Gasteiger partial charge is 0.490 e. The number of ether oxygens (including phenoxy) is 1. The summed E-state index contributed by atoms with van der Waals surface area (Å²) in [5.41, 5.74) is 5.16. The van der Waals surface area contributed by atoms with Gasteiger partial charge in [0.2, 0.25) is 11.7 Å². The van der Waals surface area contributed by atoms with Crippen LogP contribution >= 0.6 is 0 Å². The van der Waals surface area contributed by atoms with Gasteiger partial charge in [0.1, 0.15) is 11.8 Å². The SMILES string of the molecule is Cc1c(-c2noc(-c3ccc(OC(C)C)c(C#N)c3)n2)ccc2c1CCN(C(=O)CNC[C@H](O)CO)C2. The lowest BCUT2D eigenvalue weighted by molar-refractivity contribution is -0.131. The average Bonchev–Trinajstić information content (AvgIpc) is 3.38. The predicted molar refractivity (Wildman–Crippen MR) is 135 cm³/mol. The smallest absolute Gasteiger partial charge is 0.258 e. The van der Waals surface area contributed by atoms with Crippen molar-refractivity contribution in [3.8, 4) is 34.7 Å². The van der Waals surface area contributed by atoms with Crippen LogP contribution in [-0.2, 0) is 17.8 Å². The molecule has 10 nitrogen and oxygen atoms in total. The highest BCUT2D eigenvalue weighted by Crippen LogP contribution is 2.32. The fraction of sp³-hybridized carbons (Fsp3) is 0.407. The van der Waals surface area contributed by atoms with Crippen LogP contribution in [0.2, 0.25) is 0 Å². The molecule has 37 heavy (non-hydrogen) atoms.